The molecule has 128 valence electrons. The van der Waals surface area contributed by atoms with E-state index in [0.29, 0.717) is 0 Å². The molecule has 0 spiro atoms. The Bertz CT molecular complexity index is 1010. The minimum absolute atomic E-state index is 0.106. The zero-order valence-corrected chi connectivity index (χ0v) is 14.9. The lowest BCUT2D eigenvalue weighted by molar-refractivity contribution is 0.412. The van der Waals surface area contributed by atoms with Crippen LogP contribution in [0, 0.1) is 6.92 Å². The summed E-state index contributed by atoms with van der Waals surface area (Å²) in [6.45, 7) is 2.01. The van der Waals surface area contributed by atoms with Gasteiger partial charge in [0.1, 0.15) is 5.75 Å². The van der Waals surface area contributed by atoms with E-state index >= 15 is 0 Å². The number of primary sulfonamides is 1. The van der Waals surface area contributed by atoms with Crippen molar-refractivity contribution in [3.05, 3.63) is 72.3 Å². The third-order valence-corrected chi connectivity index (χ3v) is 5.06. The molecule has 0 atom stereocenters. The zero-order valence-electron chi connectivity index (χ0n) is 14.1. The SMILES string of the molecule is COc1ccc(-c2ccccc2-c2ccc(S(N)(=O)=O)cc2)cc1C. The number of nitrogens with two attached hydrogens (primary N) is 1. The van der Waals surface area contributed by atoms with Crippen LogP contribution in [0.25, 0.3) is 22.3 Å². The largest absolute Gasteiger partial charge is 0.496 e. The highest BCUT2D eigenvalue weighted by atomic mass is 32.2. The van der Waals surface area contributed by atoms with Crippen LogP contribution in [-0.4, -0.2) is 15.5 Å². The number of aryl methyl sites for hydroxylation is 1. The first-order valence-corrected chi connectivity index (χ1v) is 9.32. The van der Waals surface area contributed by atoms with Crippen LogP contribution >= 0.6 is 0 Å². The molecule has 0 aliphatic carbocycles. The highest BCUT2D eigenvalue weighted by Crippen LogP contribution is 2.34. The monoisotopic (exact) mass is 353 g/mol. The van der Waals surface area contributed by atoms with Crippen LogP contribution < -0.4 is 9.88 Å². The fourth-order valence-electron chi connectivity index (χ4n) is 2.86. The normalized spacial score (nSPS) is 11.3. The molecular weight excluding hydrogens is 334 g/mol. The Morgan fingerprint density at radius 2 is 1.40 bits per heavy atom. The van der Waals surface area contributed by atoms with Crippen molar-refractivity contribution in [1.82, 2.24) is 0 Å². The number of hydrogen-bond donors (Lipinski definition) is 1. The van der Waals surface area contributed by atoms with E-state index in [4.69, 9.17) is 9.88 Å². The van der Waals surface area contributed by atoms with Crippen molar-refractivity contribution in [3.63, 3.8) is 0 Å². The van der Waals surface area contributed by atoms with Crippen LogP contribution in [0.15, 0.2) is 71.6 Å². The smallest absolute Gasteiger partial charge is 0.238 e. The summed E-state index contributed by atoms with van der Waals surface area (Å²) in [5.41, 5.74) is 5.14. The highest BCUT2D eigenvalue weighted by molar-refractivity contribution is 7.89. The molecule has 2 N–H and O–H groups in total. The van der Waals surface area contributed by atoms with Gasteiger partial charge in [0, 0.05) is 0 Å². The molecule has 3 aromatic rings. The Hall–Kier alpha value is -2.63. The van der Waals surface area contributed by atoms with Gasteiger partial charge in [-0.3, -0.25) is 0 Å². The molecule has 0 fully saturated rings. The van der Waals surface area contributed by atoms with Crippen LogP contribution in [0.3, 0.4) is 0 Å². The predicted octanol–water partition coefficient (Wildman–Crippen LogP) is 3.99. The summed E-state index contributed by atoms with van der Waals surface area (Å²) in [6.07, 6.45) is 0. The predicted molar refractivity (Wildman–Crippen MR) is 100.0 cm³/mol. The van der Waals surface area contributed by atoms with Gasteiger partial charge in [-0.15, -0.1) is 0 Å². The van der Waals surface area contributed by atoms with Crippen LogP contribution in [0.5, 0.6) is 5.75 Å². The van der Waals surface area contributed by atoms with Gasteiger partial charge in [0.25, 0.3) is 0 Å². The molecule has 0 heterocycles. The lowest BCUT2D eigenvalue weighted by Gasteiger charge is -2.12. The first kappa shape index (κ1) is 17.2. The van der Waals surface area contributed by atoms with Gasteiger partial charge in [-0.25, -0.2) is 13.6 Å². The molecular formula is C20H19NO3S. The van der Waals surface area contributed by atoms with E-state index in [0.717, 1.165) is 33.6 Å². The van der Waals surface area contributed by atoms with Crippen LogP contribution in [-0.2, 0) is 10.0 Å². The fourth-order valence-corrected chi connectivity index (χ4v) is 3.37. The summed E-state index contributed by atoms with van der Waals surface area (Å²) < 4.78 is 28.2. The van der Waals surface area contributed by atoms with Crippen LogP contribution in [0.4, 0.5) is 0 Å². The Kier molecular flexibility index (Phi) is 4.61. The number of methoxy groups -OCH3 is 1. The van der Waals surface area contributed by atoms with Crippen LogP contribution in [0.1, 0.15) is 5.56 Å². The molecule has 0 unspecified atom stereocenters. The van der Waals surface area contributed by atoms with Gasteiger partial charge in [0.15, 0.2) is 0 Å². The van der Waals surface area contributed by atoms with Crippen molar-refractivity contribution in [3.8, 4) is 28.0 Å². The molecule has 25 heavy (non-hydrogen) atoms. The molecule has 3 aromatic carbocycles. The number of sulfonamides is 1. The van der Waals surface area contributed by atoms with E-state index < -0.39 is 10.0 Å². The molecule has 0 amide bonds. The Balaban J connectivity index is 2.09. The van der Waals surface area contributed by atoms with E-state index in [-0.39, 0.29) is 4.90 Å². The van der Waals surface area contributed by atoms with Crippen molar-refractivity contribution < 1.29 is 13.2 Å². The van der Waals surface area contributed by atoms with Gasteiger partial charge < -0.3 is 4.74 Å². The van der Waals surface area contributed by atoms with Gasteiger partial charge >= 0.3 is 0 Å². The highest BCUT2D eigenvalue weighted by Gasteiger charge is 2.11. The molecule has 0 aromatic heterocycles. The Morgan fingerprint density at radius 3 is 1.92 bits per heavy atom. The van der Waals surface area contributed by atoms with Gasteiger partial charge in [-0.1, -0.05) is 42.5 Å². The summed E-state index contributed by atoms with van der Waals surface area (Å²) in [7, 11) is -2.04. The maximum Gasteiger partial charge on any atom is 0.238 e. The Morgan fingerprint density at radius 1 is 0.840 bits per heavy atom. The first-order valence-electron chi connectivity index (χ1n) is 7.77. The topological polar surface area (TPSA) is 69.4 Å². The Labute approximate surface area is 147 Å². The number of rotatable bonds is 4. The van der Waals surface area contributed by atoms with E-state index in [9.17, 15) is 8.42 Å². The molecule has 0 saturated heterocycles. The molecule has 3 rings (SSSR count). The van der Waals surface area contributed by atoms with Gasteiger partial charge in [0.05, 0.1) is 12.0 Å². The second-order valence-corrected chi connectivity index (χ2v) is 7.36. The molecule has 0 aliphatic heterocycles. The van der Waals surface area contributed by atoms with Gasteiger partial charge in [0.2, 0.25) is 10.0 Å². The summed E-state index contributed by atoms with van der Waals surface area (Å²) in [6, 6.07) is 20.7. The van der Waals surface area contributed by atoms with Crippen molar-refractivity contribution in [2.75, 3.05) is 7.11 Å². The van der Waals surface area contributed by atoms with E-state index in [1.807, 2.05) is 43.3 Å². The van der Waals surface area contributed by atoms with Crippen molar-refractivity contribution in [2.45, 2.75) is 11.8 Å². The lowest BCUT2D eigenvalue weighted by atomic mass is 9.94. The van der Waals surface area contributed by atoms with Gasteiger partial charge in [-0.2, -0.15) is 0 Å². The second-order valence-electron chi connectivity index (χ2n) is 5.80. The number of hydrogen-bond acceptors (Lipinski definition) is 3. The summed E-state index contributed by atoms with van der Waals surface area (Å²) in [5, 5.41) is 5.17. The summed E-state index contributed by atoms with van der Waals surface area (Å²) >= 11 is 0. The second kappa shape index (κ2) is 6.70. The van der Waals surface area contributed by atoms with E-state index in [2.05, 4.69) is 6.07 Å². The van der Waals surface area contributed by atoms with Crippen molar-refractivity contribution >= 4 is 10.0 Å². The van der Waals surface area contributed by atoms with E-state index in [1.54, 1.807) is 19.2 Å². The van der Waals surface area contributed by atoms with Crippen LogP contribution in [0.2, 0.25) is 0 Å². The molecule has 4 nitrogen and oxygen atoms in total. The number of benzene rings is 3. The lowest BCUT2D eigenvalue weighted by Crippen LogP contribution is -2.11. The standard InChI is InChI=1S/C20H19NO3S/c1-14-13-16(9-12-20(14)24-2)19-6-4-3-5-18(19)15-7-10-17(11-8-15)25(21,22)23/h3-13H,1-2H3,(H2,21,22,23). The summed E-state index contributed by atoms with van der Waals surface area (Å²) in [4.78, 5) is 0.106. The van der Waals surface area contributed by atoms with Gasteiger partial charge in [-0.05, 0) is 59.0 Å². The molecule has 5 heteroatoms. The average molecular weight is 353 g/mol. The zero-order chi connectivity index (χ0) is 18.0. The number of ether oxygens (including phenoxy) is 1. The fraction of sp³-hybridized carbons (Fsp3) is 0.100. The molecule has 0 bridgehead atoms. The minimum Gasteiger partial charge on any atom is -0.496 e. The first-order chi connectivity index (χ1) is 11.9. The maximum absolute atomic E-state index is 11.4. The summed E-state index contributed by atoms with van der Waals surface area (Å²) in [5.74, 6) is 0.846. The average Bonchev–Trinajstić information content (AvgIpc) is 2.61. The van der Waals surface area contributed by atoms with E-state index in [1.165, 1.54) is 12.1 Å². The minimum atomic E-state index is -3.69. The third kappa shape index (κ3) is 3.57. The maximum atomic E-state index is 11.4. The molecule has 0 saturated carbocycles. The van der Waals surface area contributed by atoms with Crippen molar-refractivity contribution in [1.29, 1.82) is 0 Å². The molecule has 0 aliphatic rings. The quantitative estimate of drug-likeness (QED) is 0.771. The van der Waals surface area contributed by atoms with Crippen molar-refractivity contribution in [2.24, 2.45) is 5.14 Å². The molecule has 0 radical (unpaired) electrons. The third-order valence-electron chi connectivity index (χ3n) is 4.13.